The lowest BCUT2D eigenvalue weighted by molar-refractivity contribution is -0.130. The van der Waals surface area contributed by atoms with Crippen LogP contribution in [0.25, 0.3) is 0 Å². The van der Waals surface area contributed by atoms with Crippen LogP contribution in [0.5, 0.6) is 5.75 Å². The molecule has 2 heterocycles. The van der Waals surface area contributed by atoms with E-state index < -0.39 is 10.0 Å². The van der Waals surface area contributed by atoms with E-state index in [0.717, 1.165) is 25.4 Å². The Kier molecular flexibility index (Phi) is 9.54. The molecule has 0 bridgehead atoms. The highest BCUT2D eigenvalue weighted by Crippen LogP contribution is 2.20. The molecule has 0 radical (unpaired) electrons. The first kappa shape index (κ1) is 25.5. The summed E-state index contributed by atoms with van der Waals surface area (Å²) in [5.74, 6) is 1.23. The number of carbonyl (C=O) groups is 1. The fourth-order valence-electron chi connectivity index (χ4n) is 3.57. The van der Waals surface area contributed by atoms with E-state index in [-0.39, 0.29) is 16.6 Å². The Morgan fingerprint density at radius 1 is 1.06 bits per heavy atom. The van der Waals surface area contributed by atoms with E-state index in [1.54, 1.807) is 12.1 Å². The van der Waals surface area contributed by atoms with Crippen molar-refractivity contribution in [1.29, 1.82) is 0 Å². The lowest BCUT2D eigenvalue weighted by Gasteiger charge is -2.34. The number of aromatic nitrogens is 1. The molecule has 2 aromatic rings. The highest BCUT2D eigenvalue weighted by Gasteiger charge is 2.23. The van der Waals surface area contributed by atoms with Crippen molar-refractivity contribution in [3.05, 3.63) is 48.7 Å². The van der Waals surface area contributed by atoms with Crippen LogP contribution < -0.4 is 4.74 Å². The molecule has 10 heteroatoms. The maximum Gasteiger partial charge on any atom is 0.244 e. The van der Waals surface area contributed by atoms with Crippen LogP contribution in [0, 0.1) is 0 Å². The molecule has 0 atom stereocenters. The smallest absolute Gasteiger partial charge is 0.244 e. The third-order valence-corrected chi connectivity index (χ3v) is 8.50. The van der Waals surface area contributed by atoms with Gasteiger partial charge in [0.25, 0.3) is 0 Å². The van der Waals surface area contributed by atoms with E-state index in [1.165, 1.54) is 22.3 Å². The fourth-order valence-corrected chi connectivity index (χ4v) is 5.72. The first-order chi connectivity index (χ1) is 15.9. The molecule has 1 aromatic carbocycles. The molecule has 1 aromatic heterocycles. The molecule has 1 aliphatic rings. The molecule has 8 nitrogen and oxygen atoms in total. The Labute approximate surface area is 201 Å². The molecule has 0 aliphatic carbocycles. The number of nitrogens with zero attached hydrogens (tertiary/aromatic N) is 4. The Morgan fingerprint density at radius 2 is 1.76 bits per heavy atom. The summed E-state index contributed by atoms with van der Waals surface area (Å²) in [6.45, 7) is 8.94. The third-order valence-electron chi connectivity index (χ3n) is 5.54. The maximum absolute atomic E-state index is 12.6. The Hall–Kier alpha value is -2.14. The number of benzene rings is 1. The minimum atomic E-state index is -3.52. The van der Waals surface area contributed by atoms with Crippen molar-refractivity contribution in [3.63, 3.8) is 0 Å². The van der Waals surface area contributed by atoms with Crippen molar-refractivity contribution in [2.75, 3.05) is 58.2 Å². The first-order valence-corrected chi connectivity index (χ1v) is 13.6. The van der Waals surface area contributed by atoms with Crippen LogP contribution in [-0.4, -0.2) is 91.6 Å². The quantitative estimate of drug-likeness (QED) is 0.446. The number of sulfonamides is 1. The third kappa shape index (κ3) is 7.17. The zero-order chi connectivity index (χ0) is 23.7. The summed E-state index contributed by atoms with van der Waals surface area (Å²) >= 11 is 1.33. The van der Waals surface area contributed by atoms with Gasteiger partial charge in [0.05, 0.1) is 10.8 Å². The fraction of sp³-hybridized carbons (Fsp3) is 0.478. The van der Waals surface area contributed by atoms with Gasteiger partial charge in [-0.2, -0.15) is 4.31 Å². The van der Waals surface area contributed by atoms with Gasteiger partial charge in [-0.15, -0.1) is 0 Å². The van der Waals surface area contributed by atoms with Gasteiger partial charge in [0.1, 0.15) is 17.3 Å². The molecule has 180 valence electrons. The molecule has 1 saturated heterocycles. The summed E-state index contributed by atoms with van der Waals surface area (Å²) in [6.07, 6.45) is 1.37. The van der Waals surface area contributed by atoms with Crippen molar-refractivity contribution >= 4 is 27.7 Å². The monoisotopic (exact) mass is 492 g/mol. The molecular formula is C23H32N4O4S2. The van der Waals surface area contributed by atoms with Crippen molar-refractivity contribution in [3.8, 4) is 5.75 Å². The van der Waals surface area contributed by atoms with Crippen LogP contribution in [-0.2, 0) is 14.8 Å². The van der Waals surface area contributed by atoms with Crippen molar-refractivity contribution < 1.29 is 17.9 Å². The second kappa shape index (κ2) is 12.4. The molecule has 0 unspecified atom stereocenters. The highest BCUT2D eigenvalue weighted by molar-refractivity contribution is 7.99. The number of amides is 1. The number of hydrogen-bond acceptors (Lipinski definition) is 7. The number of hydrogen-bond donors (Lipinski definition) is 0. The molecule has 33 heavy (non-hydrogen) atoms. The average Bonchev–Trinajstić information content (AvgIpc) is 2.84. The van der Waals surface area contributed by atoms with Gasteiger partial charge in [0, 0.05) is 52.0 Å². The average molecular weight is 493 g/mol. The minimum Gasteiger partial charge on any atom is -0.492 e. The van der Waals surface area contributed by atoms with Gasteiger partial charge in [0.2, 0.25) is 15.9 Å². The molecule has 0 spiro atoms. The zero-order valence-corrected chi connectivity index (χ0v) is 20.9. The molecule has 1 amide bonds. The predicted molar refractivity (Wildman–Crippen MR) is 130 cm³/mol. The molecule has 0 N–H and O–H groups in total. The number of carbonyl (C=O) groups excluding carboxylic acids is 1. The number of ether oxygens (including phenoxy) is 1. The number of rotatable bonds is 11. The second-order valence-electron chi connectivity index (χ2n) is 7.59. The highest BCUT2D eigenvalue weighted by atomic mass is 32.2. The van der Waals surface area contributed by atoms with Gasteiger partial charge >= 0.3 is 0 Å². The van der Waals surface area contributed by atoms with E-state index in [2.05, 4.69) is 9.88 Å². The van der Waals surface area contributed by atoms with Crippen LogP contribution in [0.4, 0.5) is 0 Å². The van der Waals surface area contributed by atoms with E-state index in [4.69, 9.17) is 4.74 Å². The molecule has 1 aliphatic heterocycles. The number of pyridine rings is 1. The van der Waals surface area contributed by atoms with E-state index in [1.807, 2.05) is 49.1 Å². The maximum atomic E-state index is 12.6. The minimum absolute atomic E-state index is 0.0711. The van der Waals surface area contributed by atoms with Crippen LogP contribution in [0.15, 0.2) is 58.6 Å². The summed E-state index contributed by atoms with van der Waals surface area (Å²) in [4.78, 5) is 21.2. The van der Waals surface area contributed by atoms with Gasteiger partial charge in [-0.1, -0.05) is 43.8 Å². The summed E-state index contributed by atoms with van der Waals surface area (Å²) in [5, 5.41) is 0.638. The summed E-state index contributed by atoms with van der Waals surface area (Å²) in [6, 6.07) is 13.0. The molecule has 0 saturated carbocycles. The van der Waals surface area contributed by atoms with Gasteiger partial charge in [-0.25, -0.2) is 13.4 Å². The SMILES string of the molecule is CCN(CC)S(=O)(=O)c1ccc(SCC(=O)N2CCN(CCOc3ccccc3)CC2)nc1. The summed E-state index contributed by atoms with van der Waals surface area (Å²) in [7, 11) is -3.52. The van der Waals surface area contributed by atoms with Gasteiger partial charge in [0.15, 0.2) is 0 Å². The topological polar surface area (TPSA) is 83.1 Å². The molecular weight excluding hydrogens is 460 g/mol. The van der Waals surface area contributed by atoms with Gasteiger partial charge < -0.3 is 9.64 Å². The van der Waals surface area contributed by atoms with E-state index in [0.29, 0.717) is 37.8 Å². The normalized spacial score (nSPS) is 15.1. The van der Waals surface area contributed by atoms with Crippen molar-refractivity contribution in [1.82, 2.24) is 19.1 Å². The van der Waals surface area contributed by atoms with Crippen LogP contribution in [0.2, 0.25) is 0 Å². The molecule has 1 fully saturated rings. The summed E-state index contributed by atoms with van der Waals surface area (Å²) in [5.41, 5.74) is 0. The van der Waals surface area contributed by atoms with E-state index in [9.17, 15) is 13.2 Å². The number of para-hydroxylation sites is 1. The van der Waals surface area contributed by atoms with Crippen LogP contribution in [0.3, 0.4) is 0 Å². The second-order valence-corrected chi connectivity index (χ2v) is 10.5. The van der Waals surface area contributed by atoms with Crippen molar-refractivity contribution in [2.45, 2.75) is 23.8 Å². The lowest BCUT2D eigenvalue weighted by Crippen LogP contribution is -2.50. The largest absolute Gasteiger partial charge is 0.492 e. The standard InChI is InChI=1S/C23H32N4O4S2/c1-3-27(4-2)33(29,30)21-10-11-22(24-18-21)32-19-23(28)26-14-12-25(13-15-26)16-17-31-20-8-6-5-7-9-20/h5-11,18H,3-4,12-17,19H2,1-2H3. The lowest BCUT2D eigenvalue weighted by atomic mass is 10.3. The van der Waals surface area contributed by atoms with Gasteiger partial charge in [-0.3, -0.25) is 9.69 Å². The summed E-state index contributed by atoms with van der Waals surface area (Å²) < 4.78 is 32.2. The Morgan fingerprint density at radius 3 is 2.36 bits per heavy atom. The predicted octanol–water partition coefficient (Wildman–Crippen LogP) is 2.43. The van der Waals surface area contributed by atoms with Gasteiger partial charge in [-0.05, 0) is 24.3 Å². The van der Waals surface area contributed by atoms with Crippen LogP contribution in [0.1, 0.15) is 13.8 Å². The first-order valence-electron chi connectivity index (χ1n) is 11.2. The Bertz CT molecular complexity index is 975. The van der Waals surface area contributed by atoms with Crippen LogP contribution >= 0.6 is 11.8 Å². The number of piperazine rings is 1. The van der Waals surface area contributed by atoms with E-state index >= 15 is 0 Å². The molecule has 3 rings (SSSR count). The zero-order valence-electron chi connectivity index (χ0n) is 19.2. The Balaban J connectivity index is 1.40. The van der Waals surface area contributed by atoms with Crippen molar-refractivity contribution in [2.24, 2.45) is 0 Å². The number of thioether (sulfide) groups is 1.